The first-order valence-corrected chi connectivity index (χ1v) is 8.07. The first kappa shape index (κ1) is 14.4. The molecule has 1 fully saturated rings. The highest BCUT2D eigenvalue weighted by Gasteiger charge is 2.52. The Bertz CT molecular complexity index is 736. The normalized spacial score (nSPS) is 21.8. The molecule has 2 aromatic rings. The number of benzene rings is 1. The molecule has 1 aromatic heterocycles. The van der Waals surface area contributed by atoms with Crippen LogP contribution in [0.2, 0.25) is 0 Å². The number of hydrogen-bond acceptors (Lipinski definition) is 4. The van der Waals surface area contributed by atoms with Crippen molar-refractivity contribution in [1.82, 2.24) is 19.7 Å². The Labute approximate surface area is 134 Å². The smallest absolute Gasteiger partial charge is 0.231 e. The number of aliphatic hydroxyl groups is 1. The van der Waals surface area contributed by atoms with Gasteiger partial charge in [-0.25, -0.2) is 9.67 Å². The number of hydrogen-bond donors (Lipinski definition) is 1. The lowest BCUT2D eigenvalue weighted by atomic mass is 10.0. The van der Waals surface area contributed by atoms with E-state index in [2.05, 4.69) is 10.1 Å². The molecule has 120 valence electrons. The van der Waals surface area contributed by atoms with Crippen LogP contribution in [0, 0.1) is 5.41 Å². The van der Waals surface area contributed by atoms with Gasteiger partial charge in [0.15, 0.2) is 5.82 Å². The van der Waals surface area contributed by atoms with Crippen molar-refractivity contribution in [1.29, 1.82) is 0 Å². The highest BCUT2D eigenvalue weighted by molar-refractivity contribution is 5.86. The molecule has 0 saturated heterocycles. The topological polar surface area (TPSA) is 71.2 Å². The van der Waals surface area contributed by atoms with Crippen LogP contribution in [0.1, 0.15) is 31.6 Å². The number of aromatic nitrogens is 3. The van der Waals surface area contributed by atoms with Gasteiger partial charge in [-0.05, 0) is 19.8 Å². The predicted molar refractivity (Wildman–Crippen MR) is 84.3 cm³/mol. The summed E-state index contributed by atoms with van der Waals surface area (Å²) in [5.74, 6) is 1.57. The van der Waals surface area contributed by atoms with Crippen molar-refractivity contribution >= 4 is 5.91 Å². The summed E-state index contributed by atoms with van der Waals surface area (Å²) in [6, 6.07) is 9.75. The van der Waals surface area contributed by atoms with E-state index in [4.69, 9.17) is 0 Å². The molecular formula is C17H20N4O2. The lowest BCUT2D eigenvalue weighted by molar-refractivity contribution is -0.142. The van der Waals surface area contributed by atoms with Gasteiger partial charge in [0.25, 0.3) is 0 Å². The maximum atomic E-state index is 12.7. The van der Waals surface area contributed by atoms with E-state index >= 15 is 0 Å². The Morgan fingerprint density at radius 2 is 2.04 bits per heavy atom. The first-order chi connectivity index (χ1) is 11.1. The van der Waals surface area contributed by atoms with E-state index in [-0.39, 0.29) is 18.6 Å². The number of aliphatic hydroxyl groups excluding tert-OH is 1. The molecule has 1 amide bonds. The van der Waals surface area contributed by atoms with Crippen molar-refractivity contribution in [2.75, 3.05) is 13.2 Å². The number of nitrogens with zero attached hydrogens (tertiary/aromatic N) is 4. The average molecular weight is 312 g/mol. The van der Waals surface area contributed by atoms with E-state index in [1.165, 1.54) is 0 Å². The Kier molecular flexibility index (Phi) is 3.23. The Balaban J connectivity index is 1.63. The molecule has 1 aromatic carbocycles. The zero-order valence-corrected chi connectivity index (χ0v) is 13.1. The standard InChI is InChI=1S/C17H20N4O2/c1-12-15-18-14(13-5-3-2-4-6-13)19-21(15)10-9-20(12)16(23)17(11-22)7-8-17/h2-6,12,22H,7-11H2,1H3/t12-/m0/s1. The molecule has 2 heterocycles. The fourth-order valence-corrected chi connectivity index (χ4v) is 3.25. The number of fused-ring (bicyclic) bond motifs is 1. The predicted octanol–water partition coefficient (Wildman–Crippen LogP) is 1.62. The van der Waals surface area contributed by atoms with Crippen molar-refractivity contribution < 1.29 is 9.90 Å². The summed E-state index contributed by atoms with van der Waals surface area (Å²) in [5.41, 5.74) is 0.451. The van der Waals surface area contributed by atoms with Crippen LogP contribution >= 0.6 is 0 Å². The molecule has 6 heteroatoms. The quantitative estimate of drug-likeness (QED) is 0.935. The van der Waals surface area contributed by atoms with E-state index < -0.39 is 5.41 Å². The second kappa shape index (κ2) is 5.16. The van der Waals surface area contributed by atoms with Crippen molar-refractivity contribution in [2.45, 2.75) is 32.4 Å². The van der Waals surface area contributed by atoms with Gasteiger partial charge in [0.1, 0.15) is 5.82 Å². The van der Waals surface area contributed by atoms with Crippen LogP contribution in [0.5, 0.6) is 0 Å². The van der Waals surface area contributed by atoms with Crippen molar-refractivity contribution in [3.8, 4) is 11.4 Å². The van der Waals surface area contributed by atoms with Crippen LogP contribution in [-0.2, 0) is 11.3 Å². The van der Waals surface area contributed by atoms with Gasteiger partial charge in [-0.1, -0.05) is 30.3 Å². The summed E-state index contributed by atoms with van der Waals surface area (Å²) in [6.07, 6.45) is 1.57. The van der Waals surface area contributed by atoms with Gasteiger partial charge < -0.3 is 10.0 Å². The molecule has 1 aliphatic carbocycles. The molecule has 6 nitrogen and oxygen atoms in total. The molecule has 0 unspecified atom stereocenters. The molecule has 1 aliphatic heterocycles. The summed E-state index contributed by atoms with van der Waals surface area (Å²) in [5, 5.41) is 14.1. The zero-order valence-electron chi connectivity index (χ0n) is 13.1. The van der Waals surface area contributed by atoms with Gasteiger partial charge in [-0.2, -0.15) is 5.10 Å². The number of amides is 1. The number of rotatable bonds is 3. The van der Waals surface area contributed by atoms with Gasteiger partial charge >= 0.3 is 0 Å². The summed E-state index contributed by atoms with van der Waals surface area (Å²) in [4.78, 5) is 19.2. The Hall–Kier alpha value is -2.21. The molecule has 0 spiro atoms. The second-order valence-electron chi connectivity index (χ2n) is 6.50. The maximum Gasteiger partial charge on any atom is 0.231 e. The third-order valence-corrected chi connectivity index (χ3v) is 5.00. The Morgan fingerprint density at radius 3 is 2.70 bits per heavy atom. The lowest BCUT2D eigenvalue weighted by Crippen LogP contribution is -2.45. The van der Waals surface area contributed by atoms with Crippen molar-refractivity contribution in [3.05, 3.63) is 36.2 Å². The summed E-state index contributed by atoms with van der Waals surface area (Å²) in [7, 11) is 0. The van der Waals surface area contributed by atoms with E-state index in [9.17, 15) is 9.90 Å². The third kappa shape index (κ3) is 2.25. The van der Waals surface area contributed by atoms with Gasteiger partial charge in [0.2, 0.25) is 5.91 Å². The van der Waals surface area contributed by atoms with Crippen molar-refractivity contribution in [2.24, 2.45) is 5.41 Å². The molecule has 2 aliphatic rings. The minimum atomic E-state index is -0.529. The van der Waals surface area contributed by atoms with E-state index in [0.29, 0.717) is 18.9 Å². The van der Waals surface area contributed by atoms with Gasteiger partial charge in [0.05, 0.1) is 24.6 Å². The van der Waals surface area contributed by atoms with E-state index in [1.54, 1.807) is 0 Å². The third-order valence-electron chi connectivity index (χ3n) is 5.00. The maximum absolute atomic E-state index is 12.7. The molecule has 1 N–H and O–H groups in total. The molecule has 4 rings (SSSR count). The van der Waals surface area contributed by atoms with Crippen LogP contribution < -0.4 is 0 Å². The molecule has 1 atom stereocenters. The minimum absolute atomic E-state index is 0.0583. The minimum Gasteiger partial charge on any atom is -0.395 e. The summed E-state index contributed by atoms with van der Waals surface area (Å²) < 4.78 is 1.90. The monoisotopic (exact) mass is 312 g/mol. The van der Waals surface area contributed by atoms with Crippen LogP contribution in [0.4, 0.5) is 0 Å². The highest BCUT2D eigenvalue weighted by Crippen LogP contribution is 2.48. The van der Waals surface area contributed by atoms with E-state index in [0.717, 1.165) is 24.2 Å². The van der Waals surface area contributed by atoms with Crippen LogP contribution in [0.15, 0.2) is 30.3 Å². The lowest BCUT2D eigenvalue weighted by Gasteiger charge is -2.35. The summed E-state index contributed by atoms with van der Waals surface area (Å²) in [6.45, 7) is 3.19. The van der Waals surface area contributed by atoms with Gasteiger partial charge in [-0.3, -0.25) is 4.79 Å². The highest BCUT2D eigenvalue weighted by atomic mass is 16.3. The largest absolute Gasteiger partial charge is 0.395 e. The fraction of sp³-hybridized carbons (Fsp3) is 0.471. The average Bonchev–Trinajstić information content (AvgIpc) is 3.27. The van der Waals surface area contributed by atoms with Crippen LogP contribution in [0.25, 0.3) is 11.4 Å². The second-order valence-corrected chi connectivity index (χ2v) is 6.50. The van der Waals surface area contributed by atoms with Gasteiger partial charge in [-0.15, -0.1) is 0 Å². The molecule has 1 saturated carbocycles. The number of carbonyl (C=O) groups is 1. The van der Waals surface area contributed by atoms with E-state index in [1.807, 2.05) is 46.8 Å². The number of carbonyl (C=O) groups excluding carboxylic acids is 1. The first-order valence-electron chi connectivity index (χ1n) is 8.07. The molecular weight excluding hydrogens is 292 g/mol. The molecule has 23 heavy (non-hydrogen) atoms. The summed E-state index contributed by atoms with van der Waals surface area (Å²) >= 11 is 0. The fourth-order valence-electron chi connectivity index (χ4n) is 3.25. The van der Waals surface area contributed by atoms with Crippen LogP contribution in [-0.4, -0.2) is 43.8 Å². The molecule has 0 bridgehead atoms. The zero-order chi connectivity index (χ0) is 16.0. The van der Waals surface area contributed by atoms with Crippen LogP contribution in [0.3, 0.4) is 0 Å². The van der Waals surface area contributed by atoms with Gasteiger partial charge in [0, 0.05) is 12.1 Å². The Morgan fingerprint density at radius 1 is 1.30 bits per heavy atom. The molecule has 0 radical (unpaired) electrons. The van der Waals surface area contributed by atoms with Crippen molar-refractivity contribution in [3.63, 3.8) is 0 Å². The SMILES string of the molecule is C[C@H]1c2nc(-c3ccccc3)nn2CCN1C(=O)C1(CO)CC1.